The zero-order valence-corrected chi connectivity index (χ0v) is 13.8. The van der Waals surface area contributed by atoms with Gasteiger partial charge in [0.1, 0.15) is 10.7 Å². The van der Waals surface area contributed by atoms with Gasteiger partial charge in [0.05, 0.1) is 6.07 Å². The van der Waals surface area contributed by atoms with Crippen LogP contribution in [-0.2, 0) is 9.53 Å². The Morgan fingerprint density at radius 2 is 1.88 bits per heavy atom. The second-order valence-electron chi connectivity index (χ2n) is 5.57. The molecule has 0 saturated carbocycles. The minimum absolute atomic E-state index is 0.138. The highest BCUT2D eigenvalue weighted by atomic mass is 16.6. The number of hydrogen-bond acceptors (Lipinski definition) is 6. The van der Waals surface area contributed by atoms with Crippen LogP contribution in [0.1, 0.15) is 41.4 Å². The first-order valence-electron chi connectivity index (χ1n) is 7.59. The number of nitrogens with zero attached hydrogens (tertiary/aromatic N) is 1. The Bertz CT molecular complexity index is 801. The Labute approximate surface area is 144 Å². The van der Waals surface area contributed by atoms with Gasteiger partial charge in [0, 0.05) is 11.6 Å². The molecule has 0 fully saturated rings. The van der Waals surface area contributed by atoms with Crippen LogP contribution in [0.25, 0.3) is 6.08 Å². The third-order valence-electron chi connectivity index (χ3n) is 3.42. The molecule has 1 heterocycles. The molecule has 25 heavy (non-hydrogen) atoms. The molecule has 0 aliphatic heterocycles. The van der Waals surface area contributed by atoms with Gasteiger partial charge in [0.2, 0.25) is 0 Å². The Morgan fingerprint density at radius 1 is 1.20 bits per heavy atom. The lowest BCUT2D eigenvalue weighted by molar-refractivity contribution is -0.402. The molecule has 1 aromatic heterocycles. The van der Waals surface area contributed by atoms with Gasteiger partial charge in [-0.1, -0.05) is 38.1 Å². The van der Waals surface area contributed by atoms with Crippen LogP contribution in [-0.4, -0.2) is 23.3 Å². The molecule has 1 aromatic carbocycles. The molecule has 0 N–H and O–H groups in total. The summed E-state index contributed by atoms with van der Waals surface area (Å²) in [6, 6.07) is 9.65. The fraction of sp³-hybridized carbons (Fsp3) is 0.222. The number of esters is 1. The van der Waals surface area contributed by atoms with Crippen LogP contribution in [0.4, 0.5) is 5.88 Å². The van der Waals surface area contributed by atoms with Gasteiger partial charge in [-0.25, -0.2) is 4.79 Å². The van der Waals surface area contributed by atoms with Crippen molar-refractivity contribution < 1.29 is 23.7 Å². The third-order valence-corrected chi connectivity index (χ3v) is 3.42. The first-order chi connectivity index (χ1) is 11.9. The summed E-state index contributed by atoms with van der Waals surface area (Å²) < 4.78 is 9.72. The number of benzene rings is 1. The van der Waals surface area contributed by atoms with E-state index < -0.39 is 16.8 Å². The molecule has 2 aromatic rings. The van der Waals surface area contributed by atoms with Crippen LogP contribution in [0.2, 0.25) is 0 Å². The van der Waals surface area contributed by atoms with Gasteiger partial charge >= 0.3 is 11.9 Å². The van der Waals surface area contributed by atoms with Gasteiger partial charge in [-0.3, -0.25) is 14.9 Å². The lowest BCUT2D eigenvalue weighted by Gasteiger charge is -2.06. The molecule has 7 nitrogen and oxygen atoms in total. The maximum absolute atomic E-state index is 12.0. The lowest BCUT2D eigenvalue weighted by atomic mass is 10.0. The molecular formula is C18H17NO6. The Kier molecular flexibility index (Phi) is 5.84. The number of hydrogen-bond donors (Lipinski definition) is 0. The monoisotopic (exact) mass is 343 g/mol. The lowest BCUT2D eigenvalue weighted by Crippen LogP contribution is -2.12. The second kappa shape index (κ2) is 8.05. The van der Waals surface area contributed by atoms with Crippen LogP contribution in [0, 0.1) is 10.1 Å². The minimum atomic E-state index is -0.744. The quantitative estimate of drug-likeness (QED) is 0.249. The van der Waals surface area contributed by atoms with Crippen molar-refractivity contribution in [2.24, 2.45) is 0 Å². The summed E-state index contributed by atoms with van der Waals surface area (Å²) in [5, 5.41) is 10.5. The van der Waals surface area contributed by atoms with Crippen molar-refractivity contribution in [1.29, 1.82) is 0 Å². The zero-order valence-electron chi connectivity index (χ0n) is 13.8. The SMILES string of the molecule is CC(C)c1ccc(C(=O)COC(=O)/C=C/c2ccc([N+](=O)[O-])o2)cc1. The molecule has 0 aliphatic carbocycles. The highest BCUT2D eigenvalue weighted by Gasteiger charge is 2.11. The van der Waals surface area contributed by atoms with E-state index in [9.17, 15) is 19.7 Å². The molecule has 0 bridgehead atoms. The topological polar surface area (TPSA) is 99.7 Å². The van der Waals surface area contributed by atoms with Crippen LogP contribution in [0.15, 0.2) is 46.9 Å². The van der Waals surface area contributed by atoms with Gasteiger partial charge in [-0.15, -0.1) is 0 Å². The fourth-order valence-corrected chi connectivity index (χ4v) is 2.00. The first-order valence-corrected chi connectivity index (χ1v) is 7.59. The summed E-state index contributed by atoms with van der Waals surface area (Å²) in [6.07, 6.45) is 2.27. The predicted octanol–water partition coefficient (Wildman–Crippen LogP) is 3.75. The number of ether oxygens (including phenoxy) is 1. The van der Waals surface area contributed by atoms with Crippen molar-refractivity contribution in [1.82, 2.24) is 0 Å². The molecular weight excluding hydrogens is 326 g/mol. The standard InChI is InChI=1S/C18H17NO6/c1-12(2)13-3-5-14(6-4-13)16(20)11-24-18(21)10-8-15-7-9-17(25-15)19(22)23/h3-10,12H,11H2,1-2H3/b10-8+. The van der Waals surface area contributed by atoms with E-state index in [4.69, 9.17) is 9.15 Å². The van der Waals surface area contributed by atoms with E-state index in [-0.39, 0.29) is 18.2 Å². The number of rotatable bonds is 7. The van der Waals surface area contributed by atoms with Crippen molar-refractivity contribution >= 4 is 23.7 Å². The van der Waals surface area contributed by atoms with Gasteiger partial charge in [0.25, 0.3) is 0 Å². The highest BCUT2D eigenvalue weighted by molar-refractivity contribution is 5.98. The summed E-state index contributed by atoms with van der Waals surface area (Å²) in [4.78, 5) is 33.4. The van der Waals surface area contributed by atoms with E-state index in [0.29, 0.717) is 11.5 Å². The smallest absolute Gasteiger partial charge is 0.433 e. The highest BCUT2D eigenvalue weighted by Crippen LogP contribution is 2.17. The van der Waals surface area contributed by atoms with Crippen molar-refractivity contribution in [3.63, 3.8) is 0 Å². The van der Waals surface area contributed by atoms with Crippen LogP contribution >= 0.6 is 0 Å². The van der Waals surface area contributed by atoms with E-state index in [0.717, 1.165) is 11.6 Å². The molecule has 0 spiro atoms. The molecule has 0 amide bonds. The maximum atomic E-state index is 12.0. The van der Waals surface area contributed by atoms with Gasteiger partial charge in [-0.05, 0) is 23.6 Å². The number of carbonyl (C=O) groups excluding carboxylic acids is 2. The molecule has 0 atom stereocenters. The fourth-order valence-electron chi connectivity index (χ4n) is 2.00. The first kappa shape index (κ1) is 18.1. The summed E-state index contributed by atoms with van der Waals surface area (Å²) in [7, 11) is 0. The average Bonchev–Trinajstić information content (AvgIpc) is 3.07. The summed E-state index contributed by atoms with van der Waals surface area (Å²) in [5.74, 6) is -0.978. The number of ketones is 1. The van der Waals surface area contributed by atoms with Crippen LogP contribution in [0.5, 0.6) is 0 Å². The molecule has 130 valence electrons. The average molecular weight is 343 g/mol. The molecule has 0 aliphatic rings. The zero-order chi connectivity index (χ0) is 18.4. The van der Waals surface area contributed by atoms with Gasteiger partial charge in [0.15, 0.2) is 12.4 Å². The Balaban J connectivity index is 1.87. The van der Waals surface area contributed by atoms with Crippen LogP contribution in [0.3, 0.4) is 0 Å². The summed E-state index contributed by atoms with van der Waals surface area (Å²) >= 11 is 0. The van der Waals surface area contributed by atoms with E-state index in [1.165, 1.54) is 18.2 Å². The third kappa shape index (κ3) is 5.13. The molecule has 0 saturated heterocycles. The molecule has 2 rings (SSSR count). The van der Waals surface area contributed by atoms with Crippen molar-refractivity contribution in [2.75, 3.05) is 6.61 Å². The number of Topliss-reactive ketones (excluding diaryl/α,β-unsaturated/α-hetero) is 1. The number of nitro groups is 1. The summed E-state index contributed by atoms with van der Waals surface area (Å²) in [5.41, 5.74) is 1.58. The second-order valence-corrected chi connectivity index (χ2v) is 5.57. The van der Waals surface area contributed by atoms with Crippen molar-refractivity contribution in [3.05, 3.63) is 69.5 Å². The molecule has 0 radical (unpaired) electrons. The Morgan fingerprint density at radius 3 is 2.44 bits per heavy atom. The van der Waals surface area contributed by atoms with E-state index >= 15 is 0 Å². The minimum Gasteiger partial charge on any atom is -0.454 e. The predicted molar refractivity (Wildman–Crippen MR) is 90.2 cm³/mol. The largest absolute Gasteiger partial charge is 0.454 e. The maximum Gasteiger partial charge on any atom is 0.433 e. The summed E-state index contributed by atoms with van der Waals surface area (Å²) in [6.45, 7) is 3.72. The van der Waals surface area contributed by atoms with Crippen molar-refractivity contribution in [2.45, 2.75) is 19.8 Å². The van der Waals surface area contributed by atoms with Crippen LogP contribution < -0.4 is 0 Å². The number of carbonyl (C=O) groups is 2. The number of furan rings is 1. The van der Waals surface area contributed by atoms with E-state index in [1.54, 1.807) is 12.1 Å². The Hall–Kier alpha value is -3.22. The molecule has 7 heteroatoms. The molecule has 0 unspecified atom stereocenters. The van der Waals surface area contributed by atoms with Crippen molar-refractivity contribution in [3.8, 4) is 0 Å². The van der Waals surface area contributed by atoms with Gasteiger partial charge in [-0.2, -0.15) is 0 Å². The van der Waals surface area contributed by atoms with Gasteiger partial charge < -0.3 is 9.15 Å². The normalized spacial score (nSPS) is 11.0. The van der Waals surface area contributed by atoms with E-state index in [2.05, 4.69) is 13.8 Å². The van der Waals surface area contributed by atoms with E-state index in [1.807, 2.05) is 12.1 Å².